The topological polar surface area (TPSA) is 86.7 Å². The molecular weight excluding hydrogens is 484 g/mol. The van der Waals surface area contributed by atoms with Crippen LogP contribution in [0.15, 0.2) is 22.2 Å². The highest BCUT2D eigenvalue weighted by Gasteiger charge is 2.56. The number of carbonyl (C=O) groups excluding carboxylic acids is 2. The first-order valence-corrected chi connectivity index (χ1v) is 11.8. The highest BCUT2D eigenvalue weighted by atomic mass is 35.5. The second-order valence-electron chi connectivity index (χ2n) is 9.04. The average Bonchev–Trinajstić information content (AvgIpc) is 2.74. The van der Waals surface area contributed by atoms with E-state index in [1.54, 1.807) is 12.2 Å². The molecule has 33 heavy (non-hydrogen) atoms. The van der Waals surface area contributed by atoms with E-state index in [1.807, 2.05) is 12.2 Å². The minimum atomic E-state index is -4.70. The number of urea groups is 1. The molecule has 0 spiro atoms. The van der Waals surface area contributed by atoms with Crippen LogP contribution in [0.25, 0.3) is 0 Å². The normalized spacial score (nSPS) is 29.6. The summed E-state index contributed by atoms with van der Waals surface area (Å²) in [4.78, 5) is 37.5. The summed E-state index contributed by atoms with van der Waals surface area (Å²) in [6, 6.07) is -4.95. The first-order valence-electron chi connectivity index (χ1n) is 11.1. The van der Waals surface area contributed by atoms with Gasteiger partial charge in [0.05, 0.1) is 5.92 Å². The Morgan fingerprint density at radius 1 is 1.12 bits per heavy atom. The number of rotatable bonds is 6. The minimum Gasteiger partial charge on any atom is -0.480 e. The van der Waals surface area contributed by atoms with Gasteiger partial charge in [-0.15, -0.1) is 0 Å². The average molecular weight is 511 g/mol. The van der Waals surface area contributed by atoms with Crippen LogP contribution in [0.5, 0.6) is 0 Å². The molecule has 0 aromatic heterocycles. The molecule has 3 rings (SSSR count). The fraction of sp³-hybridized carbons (Fsp3) is 0.682. The molecule has 2 aliphatic carbocycles. The summed E-state index contributed by atoms with van der Waals surface area (Å²) in [5.41, 5.74) is 0. The minimum absolute atomic E-state index is 0.119. The van der Waals surface area contributed by atoms with Crippen LogP contribution in [-0.2, 0) is 9.59 Å². The molecule has 2 unspecified atom stereocenters. The van der Waals surface area contributed by atoms with Crippen molar-refractivity contribution < 1.29 is 32.7 Å². The molecule has 11 heteroatoms. The van der Waals surface area contributed by atoms with Gasteiger partial charge in [0.25, 0.3) is 0 Å². The van der Waals surface area contributed by atoms with Crippen molar-refractivity contribution in [3.8, 4) is 0 Å². The fourth-order valence-corrected chi connectivity index (χ4v) is 5.66. The van der Waals surface area contributed by atoms with Gasteiger partial charge in [-0.05, 0) is 49.7 Å². The number of amides is 3. The number of aliphatic carboxylic acids is 1. The quantitative estimate of drug-likeness (QED) is 0.467. The van der Waals surface area contributed by atoms with Gasteiger partial charge < -0.3 is 10.4 Å². The van der Waals surface area contributed by atoms with Crippen LogP contribution >= 0.6 is 23.2 Å². The number of hydrogen-bond donors (Lipinski definition) is 2. The summed E-state index contributed by atoms with van der Waals surface area (Å²) in [5, 5.41) is 12.6. The number of nitrogens with zero attached hydrogens (tertiary/aromatic N) is 1. The lowest BCUT2D eigenvalue weighted by molar-refractivity contribution is -0.173. The highest BCUT2D eigenvalue weighted by molar-refractivity contribution is 6.32. The van der Waals surface area contributed by atoms with Crippen molar-refractivity contribution in [2.45, 2.75) is 70.1 Å². The van der Waals surface area contributed by atoms with Gasteiger partial charge in [0.2, 0.25) is 5.91 Å². The molecule has 1 aliphatic heterocycles. The number of likely N-dealkylation sites (tertiary alicyclic amines) is 1. The molecule has 5 atom stereocenters. The molecule has 0 bridgehead atoms. The van der Waals surface area contributed by atoms with E-state index in [1.165, 1.54) is 0 Å². The zero-order valence-corrected chi connectivity index (χ0v) is 19.6. The molecule has 2 fully saturated rings. The zero-order chi connectivity index (χ0) is 24.5. The van der Waals surface area contributed by atoms with E-state index in [2.05, 4.69) is 0 Å². The number of alkyl halides is 3. The van der Waals surface area contributed by atoms with Crippen molar-refractivity contribution >= 4 is 41.1 Å². The molecule has 0 radical (unpaired) electrons. The number of hydrogen-bond acceptors (Lipinski definition) is 3. The predicted molar refractivity (Wildman–Crippen MR) is 116 cm³/mol. The number of carbonyl (C=O) groups is 3. The van der Waals surface area contributed by atoms with E-state index in [0.717, 1.165) is 6.42 Å². The van der Waals surface area contributed by atoms with Crippen molar-refractivity contribution in [2.75, 3.05) is 0 Å². The van der Waals surface area contributed by atoms with Gasteiger partial charge >= 0.3 is 18.2 Å². The second-order valence-corrected chi connectivity index (χ2v) is 9.91. The standard InChI is InChI=1S/C22H27Cl2F3N2O4/c1-11-13(16(24)10-9-15(11)23)7-8-14-17(20(31)32)29(19(14)30)21(33)28-18(22(25,26)27)12-5-3-2-4-6-12/h9-14,17-18H,2-8H2,1H3,(H,28,33)(H,31,32)/t11?,13?,14-,17+,18+/m1/s1. The van der Waals surface area contributed by atoms with E-state index in [-0.39, 0.29) is 18.3 Å². The van der Waals surface area contributed by atoms with Crippen LogP contribution in [0.2, 0.25) is 0 Å². The van der Waals surface area contributed by atoms with Gasteiger partial charge in [0.1, 0.15) is 6.04 Å². The number of carboxylic acid groups (broad SMARTS) is 1. The summed E-state index contributed by atoms with van der Waals surface area (Å²) < 4.78 is 40.9. The van der Waals surface area contributed by atoms with E-state index in [4.69, 9.17) is 23.2 Å². The molecule has 1 saturated carbocycles. The largest absolute Gasteiger partial charge is 0.480 e. The molecule has 1 heterocycles. The number of nitrogens with one attached hydrogen (secondary N) is 1. The highest BCUT2D eigenvalue weighted by Crippen LogP contribution is 2.41. The lowest BCUT2D eigenvalue weighted by atomic mass is 9.78. The Hall–Kier alpha value is -1.74. The Morgan fingerprint density at radius 3 is 2.27 bits per heavy atom. The van der Waals surface area contributed by atoms with Crippen LogP contribution in [0.3, 0.4) is 0 Å². The molecule has 0 aromatic rings. The lowest BCUT2D eigenvalue weighted by Crippen LogP contribution is -2.69. The SMILES string of the molecule is CC1C(Cl)=CC=C(Cl)C1CC[C@H]1C(=O)N(C(=O)N[C@@H](C2CCCCC2)C(F)(F)F)[C@@H]1C(=O)O. The van der Waals surface area contributed by atoms with Crippen molar-refractivity contribution in [3.63, 3.8) is 0 Å². The first kappa shape index (κ1) is 25.9. The van der Waals surface area contributed by atoms with Crippen LogP contribution in [0, 0.1) is 23.7 Å². The number of β-lactam (4-membered cyclic amide) rings is 1. The fourth-order valence-electron chi connectivity index (χ4n) is 5.09. The summed E-state index contributed by atoms with van der Waals surface area (Å²) in [5.74, 6) is -4.38. The molecular formula is C22H27Cl2F3N2O4. The third-order valence-electron chi connectivity index (χ3n) is 7.02. The van der Waals surface area contributed by atoms with E-state index in [0.29, 0.717) is 47.1 Å². The van der Waals surface area contributed by atoms with Crippen LogP contribution < -0.4 is 5.32 Å². The Bertz CT molecular complexity index is 855. The van der Waals surface area contributed by atoms with Crippen molar-refractivity contribution in [2.24, 2.45) is 23.7 Å². The number of carboxylic acids is 1. The first-order chi connectivity index (χ1) is 15.4. The monoisotopic (exact) mass is 510 g/mol. The van der Waals surface area contributed by atoms with E-state index < -0.39 is 48.0 Å². The molecule has 1 saturated heterocycles. The van der Waals surface area contributed by atoms with E-state index in [9.17, 15) is 32.7 Å². The number of halogens is 5. The van der Waals surface area contributed by atoms with Gasteiger partial charge in [-0.25, -0.2) is 14.5 Å². The summed E-state index contributed by atoms with van der Waals surface area (Å²) in [7, 11) is 0. The molecule has 3 aliphatic rings. The molecule has 3 amide bonds. The van der Waals surface area contributed by atoms with Crippen LogP contribution in [0.4, 0.5) is 18.0 Å². The maximum absolute atomic E-state index is 13.6. The number of imide groups is 1. The van der Waals surface area contributed by atoms with Crippen LogP contribution in [0.1, 0.15) is 51.9 Å². The zero-order valence-electron chi connectivity index (χ0n) is 18.1. The maximum atomic E-state index is 13.6. The molecule has 184 valence electrons. The summed E-state index contributed by atoms with van der Waals surface area (Å²) >= 11 is 12.4. The van der Waals surface area contributed by atoms with Gasteiger partial charge in [0, 0.05) is 16.0 Å². The van der Waals surface area contributed by atoms with Gasteiger partial charge in [0.15, 0.2) is 6.04 Å². The summed E-state index contributed by atoms with van der Waals surface area (Å²) in [6.45, 7) is 1.86. The van der Waals surface area contributed by atoms with Gasteiger partial charge in [-0.1, -0.05) is 49.4 Å². The third kappa shape index (κ3) is 5.50. The summed E-state index contributed by atoms with van der Waals surface area (Å²) in [6.07, 6.45) is 1.82. The lowest BCUT2D eigenvalue weighted by Gasteiger charge is -2.44. The second kappa shape index (κ2) is 10.3. The Labute approximate surface area is 200 Å². The Morgan fingerprint density at radius 2 is 1.70 bits per heavy atom. The number of allylic oxidation sites excluding steroid dienone is 4. The maximum Gasteiger partial charge on any atom is 0.408 e. The van der Waals surface area contributed by atoms with Crippen molar-refractivity contribution in [1.82, 2.24) is 10.2 Å². The third-order valence-corrected chi connectivity index (χ3v) is 7.90. The smallest absolute Gasteiger partial charge is 0.408 e. The van der Waals surface area contributed by atoms with Gasteiger partial charge in [-0.2, -0.15) is 13.2 Å². The predicted octanol–water partition coefficient (Wildman–Crippen LogP) is 5.41. The van der Waals surface area contributed by atoms with Crippen LogP contribution in [-0.4, -0.2) is 46.2 Å². The van der Waals surface area contributed by atoms with E-state index >= 15 is 0 Å². The molecule has 2 N–H and O–H groups in total. The van der Waals surface area contributed by atoms with Crippen molar-refractivity contribution in [1.29, 1.82) is 0 Å². The molecule has 0 aromatic carbocycles. The molecule has 6 nitrogen and oxygen atoms in total. The Kier molecular flexibility index (Phi) is 8.04. The van der Waals surface area contributed by atoms with Gasteiger partial charge in [-0.3, -0.25) is 4.79 Å². The Balaban J connectivity index is 1.67. The van der Waals surface area contributed by atoms with Crippen molar-refractivity contribution in [3.05, 3.63) is 22.2 Å².